The Balaban J connectivity index is 1.79. The van der Waals surface area contributed by atoms with E-state index in [0.29, 0.717) is 0 Å². The average molecular weight is 273 g/mol. The van der Waals surface area contributed by atoms with Crippen molar-refractivity contribution in [2.75, 3.05) is 11.1 Å². The van der Waals surface area contributed by atoms with Gasteiger partial charge in [0.1, 0.15) is 0 Å². The zero-order valence-electron chi connectivity index (χ0n) is 11.4. The zero-order chi connectivity index (χ0) is 14.2. The van der Waals surface area contributed by atoms with Gasteiger partial charge in [0.25, 0.3) is 0 Å². The Morgan fingerprint density at radius 3 is 2.29 bits per heavy atom. The second-order valence-electron chi connectivity index (χ2n) is 5.18. The lowest BCUT2D eigenvalue weighted by Crippen LogP contribution is -1.90. The van der Waals surface area contributed by atoms with E-state index in [0.717, 1.165) is 28.1 Å². The number of nitrogens with one attached hydrogen (secondary N) is 2. The van der Waals surface area contributed by atoms with Crippen molar-refractivity contribution in [2.45, 2.75) is 0 Å². The second-order valence-corrected chi connectivity index (χ2v) is 5.18. The quantitative estimate of drug-likeness (QED) is 0.466. The van der Waals surface area contributed by atoms with Crippen LogP contribution >= 0.6 is 0 Å². The molecule has 0 saturated heterocycles. The van der Waals surface area contributed by atoms with Crippen LogP contribution in [0.1, 0.15) is 0 Å². The lowest BCUT2D eigenvalue weighted by atomic mass is 10.1. The van der Waals surface area contributed by atoms with E-state index in [4.69, 9.17) is 5.73 Å². The molecule has 0 aliphatic carbocycles. The van der Waals surface area contributed by atoms with Crippen LogP contribution in [0.4, 0.5) is 17.1 Å². The summed E-state index contributed by atoms with van der Waals surface area (Å²) in [4.78, 5) is 3.43. The van der Waals surface area contributed by atoms with Gasteiger partial charge in [-0.15, -0.1) is 0 Å². The Morgan fingerprint density at radius 1 is 0.714 bits per heavy atom. The van der Waals surface area contributed by atoms with Crippen molar-refractivity contribution in [3.8, 4) is 0 Å². The summed E-state index contributed by atoms with van der Waals surface area (Å²) >= 11 is 0. The highest BCUT2D eigenvalue weighted by atomic mass is 14.9. The largest absolute Gasteiger partial charge is 0.399 e. The van der Waals surface area contributed by atoms with Gasteiger partial charge in [-0.3, -0.25) is 0 Å². The number of nitrogens with two attached hydrogens (primary N) is 1. The summed E-state index contributed by atoms with van der Waals surface area (Å²) in [6.07, 6.45) is 0. The van der Waals surface area contributed by atoms with E-state index in [1.165, 1.54) is 10.8 Å². The third-order valence-electron chi connectivity index (χ3n) is 3.71. The van der Waals surface area contributed by atoms with Crippen LogP contribution in [-0.2, 0) is 0 Å². The second kappa shape index (κ2) is 4.56. The van der Waals surface area contributed by atoms with Crippen molar-refractivity contribution in [2.24, 2.45) is 0 Å². The fourth-order valence-corrected chi connectivity index (χ4v) is 2.66. The molecule has 0 atom stereocenters. The Kier molecular flexibility index (Phi) is 2.57. The van der Waals surface area contributed by atoms with E-state index in [1.807, 2.05) is 30.3 Å². The molecule has 0 unspecified atom stereocenters. The Morgan fingerprint density at radius 2 is 1.43 bits per heavy atom. The third kappa shape index (κ3) is 2.09. The summed E-state index contributed by atoms with van der Waals surface area (Å²) in [6, 6.07) is 22.5. The van der Waals surface area contributed by atoms with E-state index in [-0.39, 0.29) is 0 Å². The number of anilines is 3. The van der Waals surface area contributed by atoms with Crippen LogP contribution in [-0.4, -0.2) is 4.98 Å². The molecule has 3 nitrogen and oxygen atoms in total. The number of para-hydroxylation sites is 1. The summed E-state index contributed by atoms with van der Waals surface area (Å²) in [6.45, 7) is 0. The van der Waals surface area contributed by atoms with E-state index >= 15 is 0 Å². The molecule has 1 heterocycles. The Bertz CT molecular complexity index is 920. The van der Waals surface area contributed by atoms with E-state index in [2.05, 4.69) is 46.7 Å². The third-order valence-corrected chi connectivity index (χ3v) is 3.71. The van der Waals surface area contributed by atoms with Crippen LogP contribution in [0.5, 0.6) is 0 Å². The number of H-pyrrole nitrogens is 1. The highest BCUT2D eigenvalue weighted by Gasteiger charge is 2.04. The number of hydrogen-bond donors (Lipinski definition) is 3. The molecule has 3 aromatic carbocycles. The molecule has 0 radical (unpaired) electrons. The molecule has 3 heteroatoms. The molecule has 0 spiro atoms. The maximum atomic E-state index is 5.71. The molecular weight excluding hydrogens is 258 g/mol. The van der Waals surface area contributed by atoms with Gasteiger partial charge < -0.3 is 16.0 Å². The number of aromatic nitrogens is 1. The van der Waals surface area contributed by atoms with Crippen molar-refractivity contribution < 1.29 is 0 Å². The highest BCUT2D eigenvalue weighted by molar-refractivity contribution is 6.08. The SMILES string of the molecule is Nc1ccc(Nc2ccc3[nH]c4ccccc4c3c2)cc1. The molecule has 21 heavy (non-hydrogen) atoms. The van der Waals surface area contributed by atoms with Gasteiger partial charge in [-0.05, 0) is 48.5 Å². The van der Waals surface area contributed by atoms with Crippen molar-refractivity contribution in [3.05, 3.63) is 66.7 Å². The van der Waals surface area contributed by atoms with Crippen molar-refractivity contribution in [3.63, 3.8) is 0 Å². The number of rotatable bonds is 2. The van der Waals surface area contributed by atoms with Crippen LogP contribution in [0.15, 0.2) is 66.7 Å². The molecule has 0 aliphatic heterocycles. The predicted octanol–water partition coefficient (Wildman–Crippen LogP) is 4.65. The van der Waals surface area contributed by atoms with Gasteiger partial charge in [-0.1, -0.05) is 18.2 Å². The number of aromatic amines is 1. The Labute approximate surface area is 122 Å². The first kappa shape index (κ1) is 11.9. The number of fused-ring (bicyclic) bond motifs is 3. The predicted molar refractivity (Wildman–Crippen MR) is 89.9 cm³/mol. The molecular formula is C18H15N3. The molecule has 1 aromatic heterocycles. The minimum Gasteiger partial charge on any atom is -0.399 e. The standard InChI is InChI=1S/C18H15N3/c19-12-5-7-13(8-6-12)20-14-9-10-18-16(11-14)15-3-1-2-4-17(15)21-18/h1-11,20-21H,19H2. The van der Waals surface area contributed by atoms with Gasteiger partial charge in [-0.25, -0.2) is 0 Å². The normalized spacial score (nSPS) is 11.0. The monoisotopic (exact) mass is 273 g/mol. The van der Waals surface area contributed by atoms with Crippen LogP contribution in [0.3, 0.4) is 0 Å². The number of nitrogen functional groups attached to an aromatic ring is 1. The summed E-state index contributed by atoms with van der Waals surface area (Å²) in [5.41, 5.74) is 10.9. The molecule has 0 saturated carbocycles. The molecule has 4 aromatic rings. The van der Waals surface area contributed by atoms with E-state index in [9.17, 15) is 0 Å². The minimum atomic E-state index is 0.771. The summed E-state index contributed by atoms with van der Waals surface area (Å²) in [5, 5.41) is 5.88. The fraction of sp³-hybridized carbons (Fsp3) is 0. The number of hydrogen-bond acceptors (Lipinski definition) is 2. The van der Waals surface area contributed by atoms with Crippen molar-refractivity contribution in [1.82, 2.24) is 4.98 Å². The van der Waals surface area contributed by atoms with Crippen molar-refractivity contribution in [1.29, 1.82) is 0 Å². The number of benzene rings is 3. The van der Waals surface area contributed by atoms with Crippen LogP contribution in [0.2, 0.25) is 0 Å². The molecule has 4 N–H and O–H groups in total. The topological polar surface area (TPSA) is 53.8 Å². The average Bonchev–Trinajstić information content (AvgIpc) is 2.88. The van der Waals surface area contributed by atoms with Crippen LogP contribution < -0.4 is 11.1 Å². The maximum Gasteiger partial charge on any atom is 0.0466 e. The molecule has 0 aliphatic rings. The summed E-state index contributed by atoms with van der Waals surface area (Å²) < 4.78 is 0. The molecule has 102 valence electrons. The summed E-state index contributed by atoms with van der Waals surface area (Å²) in [5.74, 6) is 0. The molecule has 4 rings (SSSR count). The van der Waals surface area contributed by atoms with E-state index in [1.54, 1.807) is 0 Å². The minimum absolute atomic E-state index is 0.771. The molecule has 0 fully saturated rings. The lowest BCUT2D eigenvalue weighted by molar-refractivity contribution is 1.53. The van der Waals surface area contributed by atoms with E-state index < -0.39 is 0 Å². The smallest absolute Gasteiger partial charge is 0.0466 e. The first-order chi connectivity index (χ1) is 10.3. The van der Waals surface area contributed by atoms with Gasteiger partial charge >= 0.3 is 0 Å². The molecule has 0 amide bonds. The first-order valence-corrected chi connectivity index (χ1v) is 6.93. The van der Waals surface area contributed by atoms with Crippen molar-refractivity contribution >= 4 is 38.9 Å². The first-order valence-electron chi connectivity index (χ1n) is 6.93. The van der Waals surface area contributed by atoms with Gasteiger partial charge in [0.15, 0.2) is 0 Å². The maximum absolute atomic E-state index is 5.71. The van der Waals surface area contributed by atoms with Gasteiger partial charge in [0.05, 0.1) is 0 Å². The fourth-order valence-electron chi connectivity index (χ4n) is 2.66. The van der Waals surface area contributed by atoms with Crippen LogP contribution in [0, 0.1) is 0 Å². The zero-order valence-corrected chi connectivity index (χ0v) is 11.4. The van der Waals surface area contributed by atoms with Gasteiger partial charge in [0, 0.05) is 38.9 Å². The summed E-state index contributed by atoms with van der Waals surface area (Å²) in [7, 11) is 0. The highest BCUT2D eigenvalue weighted by Crippen LogP contribution is 2.28. The van der Waals surface area contributed by atoms with Gasteiger partial charge in [-0.2, -0.15) is 0 Å². The van der Waals surface area contributed by atoms with Crippen LogP contribution in [0.25, 0.3) is 21.8 Å². The Hall–Kier alpha value is -2.94. The molecule has 0 bridgehead atoms. The lowest BCUT2D eigenvalue weighted by Gasteiger charge is -2.07. The van der Waals surface area contributed by atoms with Gasteiger partial charge in [0.2, 0.25) is 0 Å².